The number of urea groups is 1. The number of anilines is 1. The van der Waals surface area contributed by atoms with Gasteiger partial charge in [-0.05, 0) is 51.1 Å². The number of ketones is 1. The molecule has 1 aromatic carbocycles. The van der Waals surface area contributed by atoms with Gasteiger partial charge in [0.1, 0.15) is 0 Å². The number of amides is 2. The molecular formula is C15H21N3O4S. The average molecular weight is 339 g/mol. The van der Waals surface area contributed by atoms with Crippen LogP contribution in [0.4, 0.5) is 10.5 Å². The maximum atomic E-state index is 12.3. The predicted octanol–water partition coefficient (Wildman–Crippen LogP) is 1.43. The summed E-state index contributed by atoms with van der Waals surface area (Å²) in [6.45, 7) is 2.16. The molecule has 1 saturated heterocycles. The van der Waals surface area contributed by atoms with E-state index in [0.717, 1.165) is 0 Å². The van der Waals surface area contributed by atoms with E-state index in [1.807, 2.05) is 0 Å². The molecule has 1 aliphatic heterocycles. The number of sulfonamides is 1. The molecule has 126 valence electrons. The summed E-state index contributed by atoms with van der Waals surface area (Å²) >= 11 is 0. The van der Waals surface area contributed by atoms with Gasteiger partial charge in [-0.3, -0.25) is 4.79 Å². The van der Waals surface area contributed by atoms with Gasteiger partial charge in [0.25, 0.3) is 0 Å². The number of carbonyl (C=O) groups excluding carboxylic acids is 2. The van der Waals surface area contributed by atoms with Crippen LogP contribution in [0.1, 0.15) is 30.1 Å². The van der Waals surface area contributed by atoms with Crippen molar-refractivity contribution in [2.45, 2.75) is 25.0 Å². The third-order valence-corrected chi connectivity index (χ3v) is 5.76. The maximum absolute atomic E-state index is 12.3. The highest BCUT2D eigenvalue weighted by Crippen LogP contribution is 2.18. The molecule has 1 aromatic rings. The van der Waals surface area contributed by atoms with E-state index in [-0.39, 0.29) is 18.4 Å². The molecule has 0 bridgehead atoms. The number of benzene rings is 1. The van der Waals surface area contributed by atoms with Crippen LogP contribution in [-0.2, 0) is 10.0 Å². The first-order chi connectivity index (χ1) is 10.8. The van der Waals surface area contributed by atoms with E-state index >= 15 is 0 Å². The van der Waals surface area contributed by atoms with Gasteiger partial charge < -0.3 is 10.2 Å². The molecule has 1 heterocycles. The van der Waals surface area contributed by atoms with Crippen LogP contribution in [-0.4, -0.2) is 50.5 Å². The maximum Gasteiger partial charge on any atom is 0.321 e. The number of rotatable bonds is 4. The molecular weight excluding hydrogens is 318 g/mol. The normalized spacial score (nSPS) is 18.5. The van der Waals surface area contributed by atoms with Crippen molar-refractivity contribution in [2.24, 2.45) is 0 Å². The summed E-state index contributed by atoms with van der Waals surface area (Å²) in [5.74, 6) is -0.0426. The van der Waals surface area contributed by atoms with Gasteiger partial charge >= 0.3 is 6.03 Å². The Bertz CT molecular complexity index is 685. The fourth-order valence-corrected chi connectivity index (χ4v) is 3.72. The van der Waals surface area contributed by atoms with Crippen molar-refractivity contribution in [3.8, 4) is 0 Å². The number of piperidine rings is 1. The van der Waals surface area contributed by atoms with Crippen LogP contribution in [0.2, 0.25) is 0 Å². The molecule has 0 aliphatic carbocycles. The highest BCUT2D eigenvalue weighted by molar-refractivity contribution is 7.90. The van der Waals surface area contributed by atoms with Crippen molar-refractivity contribution in [3.63, 3.8) is 0 Å². The van der Waals surface area contributed by atoms with Crippen molar-refractivity contribution in [3.05, 3.63) is 29.8 Å². The summed E-state index contributed by atoms with van der Waals surface area (Å²) in [5.41, 5.74) is 1.14. The lowest BCUT2D eigenvalue weighted by atomic mass is 10.1. The Balaban J connectivity index is 2.01. The topological polar surface area (TPSA) is 95.6 Å². The van der Waals surface area contributed by atoms with Crippen molar-refractivity contribution >= 4 is 27.5 Å². The van der Waals surface area contributed by atoms with Crippen LogP contribution < -0.4 is 10.0 Å². The lowest BCUT2D eigenvalue weighted by molar-refractivity contribution is 0.101. The van der Waals surface area contributed by atoms with Crippen LogP contribution in [0, 0.1) is 0 Å². The smallest absolute Gasteiger partial charge is 0.321 e. The molecule has 0 aromatic heterocycles. The van der Waals surface area contributed by atoms with Gasteiger partial charge in [0, 0.05) is 24.3 Å². The molecule has 0 saturated carbocycles. The summed E-state index contributed by atoms with van der Waals surface area (Å²) < 4.78 is 26.1. The monoisotopic (exact) mass is 339 g/mol. The van der Waals surface area contributed by atoms with E-state index in [1.165, 1.54) is 18.9 Å². The van der Waals surface area contributed by atoms with Crippen molar-refractivity contribution in [1.82, 2.24) is 9.62 Å². The minimum Gasteiger partial charge on any atom is -0.323 e. The minimum absolute atomic E-state index is 0.0426. The van der Waals surface area contributed by atoms with Crippen LogP contribution in [0.25, 0.3) is 0 Å². The zero-order chi connectivity index (χ0) is 17.0. The van der Waals surface area contributed by atoms with Gasteiger partial charge in [0.15, 0.2) is 5.78 Å². The SMILES string of the molecule is CNS(=O)(=O)C1CCCN(C(=O)Nc2ccc(C(C)=O)cc2)C1. The Morgan fingerprint density at radius 1 is 1.22 bits per heavy atom. The Hall–Kier alpha value is -1.93. The van der Waals surface area contributed by atoms with Crippen molar-refractivity contribution < 1.29 is 18.0 Å². The largest absolute Gasteiger partial charge is 0.323 e. The van der Waals surface area contributed by atoms with E-state index in [9.17, 15) is 18.0 Å². The van der Waals surface area contributed by atoms with Gasteiger partial charge in [-0.15, -0.1) is 0 Å². The number of nitrogens with zero attached hydrogens (tertiary/aromatic N) is 1. The summed E-state index contributed by atoms with van der Waals surface area (Å²) in [6, 6.07) is 6.25. The number of likely N-dealkylation sites (tertiary alicyclic amines) is 1. The second-order valence-electron chi connectivity index (χ2n) is 5.52. The molecule has 1 fully saturated rings. The Kier molecular flexibility index (Phi) is 5.38. The van der Waals surface area contributed by atoms with Gasteiger partial charge in [-0.25, -0.2) is 17.9 Å². The highest BCUT2D eigenvalue weighted by atomic mass is 32.2. The second-order valence-corrected chi connectivity index (χ2v) is 7.69. The molecule has 7 nitrogen and oxygen atoms in total. The van der Waals surface area contributed by atoms with Gasteiger partial charge in [0.2, 0.25) is 10.0 Å². The third-order valence-electron chi connectivity index (χ3n) is 3.93. The zero-order valence-corrected chi connectivity index (χ0v) is 14.0. The summed E-state index contributed by atoms with van der Waals surface area (Å²) in [7, 11) is -2.00. The summed E-state index contributed by atoms with van der Waals surface area (Å²) in [6.07, 6.45) is 1.18. The van der Waals surface area contributed by atoms with Crippen LogP contribution in [0.15, 0.2) is 24.3 Å². The molecule has 1 unspecified atom stereocenters. The molecule has 0 spiro atoms. The standard InChI is InChI=1S/C15H21N3O4S/c1-11(19)12-5-7-13(8-6-12)17-15(20)18-9-3-4-14(10-18)23(21,22)16-2/h5-8,14,16H,3-4,9-10H2,1-2H3,(H,17,20). The number of hydrogen-bond acceptors (Lipinski definition) is 4. The molecule has 2 rings (SSSR count). The second kappa shape index (κ2) is 7.10. The van der Waals surface area contributed by atoms with E-state index in [4.69, 9.17) is 0 Å². The van der Waals surface area contributed by atoms with E-state index < -0.39 is 15.3 Å². The van der Waals surface area contributed by atoms with Crippen molar-refractivity contribution in [2.75, 3.05) is 25.5 Å². The number of hydrogen-bond donors (Lipinski definition) is 2. The Labute approximate surface area is 136 Å². The number of Topliss-reactive ketones (excluding diaryl/α,β-unsaturated/α-hetero) is 1. The molecule has 2 amide bonds. The Morgan fingerprint density at radius 3 is 2.43 bits per heavy atom. The summed E-state index contributed by atoms with van der Waals surface area (Å²) in [4.78, 5) is 25.0. The molecule has 23 heavy (non-hydrogen) atoms. The Morgan fingerprint density at radius 2 is 1.87 bits per heavy atom. The first kappa shape index (κ1) is 17.4. The minimum atomic E-state index is -3.38. The zero-order valence-electron chi connectivity index (χ0n) is 13.2. The first-order valence-electron chi connectivity index (χ1n) is 7.43. The van der Waals surface area contributed by atoms with Crippen LogP contribution in [0.5, 0.6) is 0 Å². The van der Waals surface area contributed by atoms with Gasteiger partial charge in [0.05, 0.1) is 5.25 Å². The average Bonchev–Trinajstić information content (AvgIpc) is 2.55. The third kappa shape index (κ3) is 4.29. The highest BCUT2D eigenvalue weighted by Gasteiger charge is 2.31. The van der Waals surface area contributed by atoms with E-state index in [2.05, 4.69) is 10.0 Å². The van der Waals surface area contributed by atoms with E-state index in [1.54, 1.807) is 24.3 Å². The molecule has 0 radical (unpaired) electrons. The van der Waals surface area contributed by atoms with Crippen LogP contribution in [0.3, 0.4) is 0 Å². The first-order valence-corrected chi connectivity index (χ1v) is 8.97. The van der Waals surface area contributed by atoms with Gasteiger partial charge in [-0.2, -0.15) is 0 Å². The quantitative estimate of drug-likeness (QED) is 0.811. The summed E-state index contributed by atoms with van der Waals surface area (Å²) in [5, 5.41) is 2.14. The predicted molar refractivity (Wildman–Crippen MR) is 88.0 cm³/mol. The molecule has 8 heteroatoms. The van der Waals surface area contributed by atoms with Gasteiger partial charge in [-0.1, -0.05) is 0 Å². The number of nitrogens with one attached hydrogen (secondary N) is 2. The van der Waals surface area contributed by atoms with E-state index in [0.29, 0.717) is 30.6 Å². The fourth-order valence-electron chi connectivity index (χ4n) is 2.53. The molecule has 2 N–H and O–H groups in total. The molecule has 1 atom stereocenters. The fraction of sp³-hybridized carbons (Fsp3) is 0.467. The lowest BCUT2D eigenvalue weighted by Crippen LogP contribution is -2.49. The van der Waals surface area contributed by atoms with Crippen LogP contribution >= 0.6 is 0 Å². The van der Waals surface area contributed by atoms with Crippen molar-refractivity contribution in [1.29, 1.82) is 0 Å². The molecule has 1 aliphatic rings. The number of carbonyl (C=O) groups is 2. The lowest BCUT2D eigenvalue weighted by Gasteiger charge is -2.32.